The number of hydrogen-bond acceptors (Lipinski definition) is 9. The van der Waals surface area contributed by atoms with Crippen LogP contribution in [-0.4, -0.2) is 53.5 Å². The molecule has 0 saturated carbocycles. The van der Waals surface area contributed by atoms with E-state index >= 15 is 0 Å². The van der Waals surface area contributed by atoms with Crippen molar-refractivity contribution in [3.8, 4) is 17.2 Å². The van der Waals surface area contributed by atoms with Crippen LogP contribution < -0.4 is 19.7 Å². The first kappa shape index (κ1) is 25.2. The number of aromatic nitrogens is 2. The summed E-state index contributed by atoms with van der Waals surface area (Å²) >= 11 is 0. The van der Waals surface area contributed by atoms with Crippen LogP contribution in [0.1, 0.15) is 41.6 Å². The van der Waals surface area contributed by atoms with Crippen LogP contribution in [0.15, 0.2) is 53.1 Å². The molecular weight excluding hydrogens is 464 g/mol. The minimum atomic E-state index is -0.592. The molecule has 190 valence electrons. The van der Waals surface area contributed by atoms with Crippen LogP contribution in [0.5, 0.6) is 17.2 Å². The molecule has 1 saturated heterocycles. The van der Waals surface area contributed by atoms with Crippen molar-refractivity contribution in [3.63, 3.8) is 0 Å². The van der Waals surface area contributed by atoms with E-state index < -0.39 is 5.91 Å². The van der Waals surface area contributed by atoms with Gasteiger partial charge in [-0.2, -0.15) is 4.98 Å². The van der Waals surface area contributed by atoms with Crippen molar-refractivity contribution in [2.75, 3.05) is 27.3 Å². The monoisotopic (exact) mass is 494 g/mol. The lowest BCUT2D eigenvalue weighted by Gasteiger charge is -2.31. The summed E-state index contributed by atoms with van der Waals surface area (Å²) < 4.78 is 22.1. The van der Waals surface area contributed by atoms with Gasteiger partial charge >= 0.3 is 0 Å². The molecule has 0 spiro atoms. The molecular formula is C26H30N4O6. The molecule has 0 bridgehead atoms. The first-order valence-electron chi connectivity index (χ1n) is 11.7. The maximum Gasteiger partial charge on any atom is 0.267 e. The van der Waals surface area contributed by atoms with Crippen molar-refractivity contribution in [3.05, 3.63) is 71.4 Å². The second-order valence-electron chi connectivity index (χ2n) is 8.42. The van der Waals surface area contributed by atoms with E-state index in [4.69, 9.17) is 23.9 Å². The topological polar surface area (TPSA) is 119 Å². The van der Waals surface area contributed by atoms with Crippen molar-refractivity contribution in [1.29, 1.82) is 0 Å². The van der Waals surface area contributed by atoms with Crippen LogP contribution in [0.2, 0.25) is 0 Å². The van der Waals surface area contributed by atoms with E-state index in [1.54, 1.807) is 50.0 Å². The number of benzene rings is 2. The van der Waals surface area contributed by atoms with E-state index in [1.807, 2.05) is 12.1 Å². The summed E-state index contributed by atoms with van der Waals surface area (Å²) in [7, 11) is 3.31. The Morgan fingerprint density at radius 2 is 1.94 bits per heavy atom. The van der Waals surface area contributed by atoms with Crippen LogP contribution in [0.3, 0.4) is 0 Å². The summed E-state index contributed by atoms with van der Waals surface area (Å²) in [4.78, 5) is 18.0. The van der Waals surface area contributed by atoms with Gasteiger partial charge in [0.25, 0.3) is 11.8 Å². The number of hydroxylamine groups is 1. The summed E-state index contributed by atoms with van der Waals surface area (Å²) in [5.74, 6) is 2.96. The Bertz CT molecular complexity index is 1170. The van der Waals surface area contributed by atoms with Gasteiger partial charge in [-0.05, 0) is 55.8 Å². The number of hydrogen-bond donors (Lipinski definition) is 2. The number of para-hydroxylation sites is 1. The molecule has 3 aromatic rings. The lowest BCUT2D eigenvalue weighted by molar-refractivity contribution is -0.124. The van der Waals surface area contributed by atoms with Crippen molar-refractivity contribution >= 4 is 12.0 Å². The predicted octanol–water partition coefficient (Wildman–Crippen LogP) is 3.56. The van der Waals surface area contributed by atoms with Crippen molar-refractivity contribution in [1.82, 2.24) is 20.5 Å². The van der Waals surface area contributed by atoms with Crippen LogP contribution >= 0.6 is 0 Å². The summed E-state index contributed by atoms with van der Waals surface area (Å²) in [6.07, 6.45) is 4.69. The number of nitrogens with one attached hydrogen (secondary N) is 1. The fraction of sp³-hybridized carbons (Fsp3) is 0.346. The average molecular weight is 495 g/mol. The van der Waals surface area contributed by atoms with Crippen molar-refractivity contribution in [2.24, 2.45) is 0 Å². The van der Waals surface area contributed by atoms with Crippen molar-refractivity contribution in [2.45, 2.75) is 31.9 Å². The summed E-state index contributed by atoms with van der Waals surface area (Å²) in [6, 6.07) is 13.1. The number of likely N-dealkylation sites (tertiary alicyclic amines) is 1. The molecule has 0 radical (unpaired) electrons. The van der Waals surface area contributed by atoms with Gasteiger partial charge in [-0.25, -0.2) is 5.48 Å². The molecule has 1 amide bonds. The molecule has 1 fully saturated rings. The molecule has 0 unspecified atom stereocenters. The molecule has 36 heavy (non-hydrogen) atoms. The first-order valence-corrected chi connectivity index (χ1v) is 11.7. The molecule has 1 aromatic heterocycles. The fourth-order valence-electron chi connectivity index (χ4n) is 4.19. The zero-order valence-electron chi connectivity index (χ0n) is 20.3. The summed E-state index contributed by atoms with van der Waals surface area (Å²) in [6.45, 7) is 2.81. The van der Waals surface area contributed by atoms with Crippen LogP contribution in [-0.2, 0) is 17.9 Å². The highest BCUT2D eigenvalue weighted by Crippen LogP contribution is 2.33. The molecule has 2 aromatic carbocycles. The Balaban J connectivity index is 1.26. The van der Waals surface area contributed by atoms with Crippen LogP contribution in [0.4, 0.5) is 0 Å². The highest BCUT2D eigenvalue weighted by Gasteiger charge is 2.25. The van der Waals surface area contributed by atoms with Gasteiger partial charge in [0.2, 0.25) is 0 Å². The molecule has 2 heterocycles. The maximum absolute atomic E-state index is 11.1. The number of rotatable bonds is 10. The highest BCUT2D eigenvalue weighted by atomic mass is 16.5. The van der Waals surface area contributed by atoms with Gasteiger partial charge in [0.05, 0.1) is 14.2 Å². The van der Waals surface area contributed by atoms with Gasteiger partial charge in [0, 0.05) is 24.1 Å². The second kappa shape index (κ2) is 12.2. The average Bonchev–Trinajstić information content (AvgIpc) is 3.40. The summed E-state index contributed by atoms with van der Waals surface area (Å²) in [5.41, 5.74) is 3.44. The molecule has 1 aliphatic heterocycles. The quantitative estimate of drug-likeness (QED) is 0.248. The van der Waals surface area contributed by atoms with Crippen molar-refractivity contribution < 1.29 is 28.7 Å². The van der Waals surface area contributed by atoms with E-state index in [0.717, 1.165) is 60.9 Å². The molecule has 0 aliphatic carbocycles. The third kappa shape index (κ3) is 6.41. The minimum Gasteiger partial charge on any atom is -0.493 e. The zero-order chi connectivity index (χ0) is 25.3. The van der Waals surface area contributed by atoms with E-state index in [0.29, 0.717) is 11.6 Å². The van der Waals surface area contributed by atoms with E-state index in [1.165, 1.54) is 6.08 Å². The smallest absolute Gasteiger partial charge is 0.267 e. The lowest BCUT2D eigenvalue weighted by Crippen LogP contribution is -2.32. The maximum atomic E-state index is 11.1. The molecule has 4 rings (SSSR count). The standard InChI is InChI=1S/C26H30N4O6/c1-33-22-5-3-4-20(25(22)34-2)16-30-14-12-19(13-15-30)26-27-24(36-29-26)17-35-21-9-6-18(7-10-21)8-11-23(31)28-32/h3-11,19,32H,12-17H2,1-2H3,(H,28,31). The largest absolute Gasteiger partial charge is 0.493 e. The van der Waals surface area contributed by atoms with Gasteiger partial charge in [0.15, 0.2) is 23.9 Å². The van der Waals surface area contributed by atoms with Gasteiger partial charge < -0.3 is 18.7 Å². The SMILES string of the molecule is COc1cccc(CN2CCC(c3noc(COc4ccc(C=CC(=O)NO)cc4)n3)CC2)c1OC. The Kier molecular flexibility index (Phi) is 8.53. The van der Waals surface area contributed by atoms with E-state index in [2.05, 4.69) is 21.1 Å². The Morgan fingerprint density at radius 3 is 2.64 bits per heavy atom. The van der Waals surface area contributed by atoms with Gasteiger partial charge in [-0.15, -0.1) is 0 Å². The Hall–Kier alpha value is -3.89. The highest BCUT2D eigenvalue weighted by molar-refractivity contribution is 5.90. The minimum absolute atomic E-state index is 0.170. The predicted molar refractivity (Wildman–Crippen MR) is 131 cm³/mol. The zero-order valence-corrected chi connectivity index (χ0v) is 20.3. The summed E-state index contributed by atoms with van der Waals surface area (Å²) in [5, 5.41) is 12.7. The Labute approximate surface area is 209 Å². The molecule has 0 atom stereocenters. The normalized spacial score (nSPS) is 14.6. The number of nitrogens with zero attached hydrogens (tertiary/aromatic N) is 3. The number of piperidine rings is 1. The van der Waals surface area contributed by atoms with Gasteiger partial charge in [-0.3, -0.25) is 14.9 Å². The third-order valence-electron chi connectivity index (χ3n) is 6.09. The molecule has 10 nitrogen and oxygen atoms in total. The number of amides is 1. The number of methoxy groups -OCH3 is 2. The van der Waals surface area contributed by atoms with E-state index in [-0.39, 0.29) is 12.5 Å². The molecule has 10 heteroatoms. The van der Waals surface area contributed by atoms with E-state index in [9.17, 15) is 4.79 Å². The lowest BCUT2D eigenvalue weighted by atomic mass is 9.96. The van der Waals surface area contributed by atoms with Crippen LogP contribution in [0, 0.1) is 0 Å². The van der Waals surface area contributed by atoms with Crippen LogP contribution in [0.25, 0.3) is 6.08 Å². The van der Waals surface area contributed by atoms with Gasteiger partial charge in [-0.1, -0.05) is 29.4 Å². The number of carbonyl (C=O) groups excluding carboxylic acids is 1. The molecule has 1 aliphatic rings. The Morgan fingerprint density at radius 1 is 1.17 bits per heavy atom. The second-order valence-corrected chi connectivity index (χ2v) is 8.42. The number of carbonyl (C=O) groups is 1. The number of ether oxygens (including phenoxy) is 3. The molecule has 2 N–H and O–H groups in total. The van der Waals surface area contributed by atoms with Gasteiger partial charge in [0.1, 0.15) is 5.75 Å². The third-order valence-corrected chi connectivity index (χ3v) is 6.09. The first-order chi connectivity index (χ1) is 17.6. The fourth-order valence-corrected chi connectivity index (χ4v) is 4.19.